The van der Waals surface area contributed by atoms with E-state index in [0.717, 1.165) is 49.4 Å². The Morgan fingerprint density at radius 3 is 2.78 bits per heavy atom. The topological polar surface area (TPSA) is 53.4 Å². The maximum absolute atomic E-state index is 12.9. The van der Waals surface area contributed by atoms with Crippen LogP contribution in [0.4, 0.5) is 0 Å². The summed E-state index contributed by atoms with van der Waals surface area (Å²) in [6.07, 6.45) is 6.48. The van der Waals surface area contributed by atoms with Crippen molar-refractivity contribution < 1.29 is 9.90 Å². The number of carbonyl (C=O) groups excluding carboxylic acids is 1. The number of likely N-dealkylation sites (tertiary alicyclic amines) is 1. The number of hydrogen-bond acceptors (Lipinski definition) is 3. The van der Waals surface area contributed by atoms with Gasteiger partial charge in [0.15, 0.2) is 0 Å². The molecule has 0 unspecified atom stereocenters. The monoisotopic (exact) mass is 310 g/mol. The van der Waals surface area contributed by atoms with E-state index in [9.17, 15) is 9.90 Å². The Bertz CT molecular complexity index is 745. The third-order valence-corrected chi connectivity index (χ3v) is 5.60. The van der Waals surface area contributed by atoms with E-state index in [1.807, 2.05) is 35.2 Å². The van der Waals surface area contributed by atoms with Crippen molar-refractivity contribution in [2.45, 2.75) is 38.2 Å². The van der Waals surface area contributed by atoms with Crippen molar-refractivity contribution in [3.05, 3.63) is 42.2 Å². The fraction of sp³-hybridized carbons (Fsp3) is 0.474. The molecule has 1 spiro atoms. The Labute approximate surface area is 136 Å². The molecule has 1 aliphatic carbocycles. The van der Waals surface area contributed by atoms with E-state index in [-0.39, 0.29) is 17.4 Å². The minimum Gasteiger partial charge on any atom is -0.392 e. The Morgan fingerprint density at radius 2 is 2.00 bits per heavy atom. The summed E-state index contributed by atoms with van der Waals surface area (Å²) in [5.74, 6) is -0.00562. The fourth-order valence-electron chi connectivity index (χ4n) is 4.29. The van der Waals surface area contributed by atoms with E-state index in [1.165, 1.54) is 0 Å². The summed E-state index contributed by atoms with van der Waals surface area (Å²) < 4.78 is 0. The number of rotatable bonds is 1. The number of hydrogen-bond donors (Lipinski definition) is 1. The van der Waals surface area contributed by atoms with Gasteiger partial charge in [-0.1, -0.05) is 30.7 Å². The number of fused-ring (bicyclic) bond motifs is 1. The molecule has 1 aliphatic heterocycles. The van der Waals surface area contributed by atoms with Crippen LogP contribution >= 0.6 is 0 Å². The first-order valence-corrected chi connectivity index (χ1v) is 8.50. The first kappa shape index (κ1) is 14.6. The summed E-state index contributed by atoms with van der Waals surface area (Å²) in [7, 11) is 0. The largest absolute Gasteiger partial charge is 0.392 e. The molecule has 1 aromatic carbocycles. The summed E-state index contributed by atoms with van der Waals surface area (Å²) in [6, 6.07) is 9.83. The van der Waals surface area contributed by atoms with E-state index < -0.39 is 0 Å². The van der Waals surface area contributed by atoms with Crippen molar-refractivity contribution in [1.29, 1.82) is 0 Å². The number of carbonyl (C=O) groups is 1. The van der Waals surface area contributed by atoms with Crippen LogP contribution in [0.25, 0.3) is 10.8 Å². The van der Waals surface area contributed by atoms with E-state index in [1.54, 1.807) is 6.20 Å². The molecule has 1 amide bonds. The SMILES string of the molecule is O=C(c1cc2ccccc2cn1)N1CCC[C@]2(CCC[C@H]2O)C1. The highest BCUT2D eigenvalue weighted by atomic mass is 16.3. The normalized spacial score (nSPS) is 27.7. The first-order valence-electron chi connectivity index (χ1n) is 8.50. The van der Waals surface area contributed by atoms with Gasteiger partial charge in [0.1, 0.15) is 5.69 Å². The van der Waals surface area contributed by atoms with Gasteiger partial charge in [0, 0.05) is 30.1 Å². The fourth-order valence-corrected chi connectivity index (χ4v) is 4.29. The third kappa shape index (κ3) is 2.51. The molecule has 4 rings (SSSR count). The number of piperidine rings is 1. The van der Waals surface area contributed by atoms with Gasteiger partial charge in [0.25, 0.3) is 5.91 Å². The summed E-state index contributed by atoms with van der Waals surface area (Å²) in [5.41, 5.74) is 0.429. The maximum atomic E-state index is 12.9. The minimum absolute atomic E-state index is 0.00562. The summed E-state index contributed by atoms with van der Waals surface area (Å²) in [5, 5.41) is 12.4. The summed E-state index contributed by atoms with van der Waals surface area (Å²) in [4.78, 5) is 19.1. The molecule has 1 saturated heterocycles. The highest BCUT2D eigenvalue weighted by molar-refractivity contribution is 5.96. The lowest BCUT2D eigenvalue weighted by molar-refractivity contribution is -0.00554. The molecule has 2 fully saturated rings. The number of amides is 1. The van der Waals surface area contributed by atoms with E-state index in [4.69, 9.17) is 0 Å². The number of aliphatic hydroxyl groups is 1. The predicted octanol–water partition coefficient (Wildman–Crippen LogP) is 3.00. The molecular formula is C19H22N2O2. The Balaban J connectivity index is 1.60. The van der Waals surface area contributed by atoms with Crippen LogP contribution in [0, 0.1) is 5.41 Å². The summed E-state index contributed by atoms with van der Waals surface area (Å²) in [6.45, 7) is 1.43. The second kappa shape index (κ2) is 5.60. The van der Waals surface area contributed by atoms with E-state index in [2.05, 4.69) is 4.98 Å². The standard InChI is InChI=1S/C19H22N2O2/c22-17-7-3-8-19(17)9-4-10-21(13-19)18(23)16-11-14-5-1-2-6-15(14)12-20-16/h1-2,5-6,11-12,17,22H,3-4,7-10,13H2/t17-,19-/m1/s1. The zero-order valence-electron chi connectivity index (χ0n) is 13.2. The van der Waals surface area contributed by atoms with Gasteiger partial charge in [-0.15, -0.1) is 0 Å². The lowest BCUT2D eigenvalue weighted by Gasteiger charge is -2.42. The molecule has 2 atom stereocenters. The van der Waals surface area contributed by atoms with Gasteiger partial charge in [-0.2, -0.15) is 0 Å². The van der Waals surface area contributed by atoms with Gasteiger partial charge < -0.3 is 10.0 Å². The molecule has 23 heavy (non-hydrogen) atoms. The molecule has 4 heteroatoms. The molecule has 2 aliphatic rings. The van der Waals surface area contributed by atoms with Crippen molar-refractivity contribution in [3.8, 4) is 0 Å². The van der Waals surface area contributed by atoms with E-state index in [0.29, 0.717) is 12.2 Å². The average Bonchev–Trinajstić information content (AvgIpc) is 2.93. The molecule has 2 aromatic rings. The zero-order chi connectivity index (χ0) is 15.9. The Hall–Kier alpha value is -1.94. The number of aliphatic hydroxyl groups excluding tert-OH is 1. The molecule has 1 aromatic heterocycles. The van der Waals surface area contributed by atoms with Crippen LogP contribution in [-0.2, 0) is 0 Å². The van der Waals surface area contributed by atoms with Crippen LogP contribution in [-0.4, -0.2) is 40.1 Å². The van der Waals surface area contributed by atoms with Crippen LogP contribution in [0.3, 0.4) is 0 Å². The number of pyridine rings is 1. The van der Waals surface area contributed by atoms with Crippen molar-refractivity contribution in [1.82, 2.24) is 9.88 Å². The quantitative estimate of drug-likeness (QED) is 0.881. The van der Waals surface area contributed by atoms with Gasteiger partial charge >= 0.3 is 0 Å². The lowest BCUT2D eigenvalue weighted by Crippen LogP contribution is -2.49. The smallest absolute Gasteiger partial charge is 0.272 e. The second-order valence-corrected chi connectivity index (χ2v) is 7.02. The highest BCUT2D eigenvalue weighted by Crippen LogP contribution is 2.45. The van der Waals surface area contributed by atoms with Crippen molar-refractivity contribution >= 4 is 16.7 Å². The molecule has 0 bridgehead atoms. The zero-order valence-corrected chi connectivity index (χ0v) is 13.2. The second-order valence-electron chi connectivity index (χ2n) is 7.02. The molecule has 1 N–H and O–H groups in total. The third-order valence-electron chi connectivity index (χ3n) is 5.60. The van der Waals surface area contributed by atoms with Gasteiger partial charge in [0.2, 0.25) is 0 Å². The average molecular weight is 310 g/mol. The van der Waals surface area contributed by atoms with Crippen LogP contribution in [0.1, 0.15) is 42.6 Å². The molecule has 2 heterocycles. The number of benzene rings is 1. The molecule has 0 radical (unpaired) electrons. The minimum atomic E-state index is -0.261. The first-order chi connectivity index (χ1) is 11.2. The molecule has 4 nitrogen and oxygen atoms in total. The van der Waals surface area contributed by atoms with Crippen molar-refractivity contribution in [2.24, 2.45) is 5.41 Å². The van der Waals surface area contributed by atoms with Gasteiger partial charge in [0.05, 0.1) is 6.10 Å². The Kier molecular flexibility index (Phi) is 3.57. The molecule has 1 saturated carbocycles. The Morgan fingerprint density at radius 1 is 1.22 bits per heavy atom. The van der Waals surface area contributed by atoms with Crippen LogP contribution in [0.5, 0.6) is 0 Å². The van der Waals surface area contributed by atoms with Crippen molar-refractivity contribution in [2.75, 3.05) is 13.1 Å². The number of aromatic nitrogens is 1. The van der Waals surface area contributed by atoms with Crippen LogP contribution < -0.4 is 0 Å². The van der Waals surface area contributed by atoms with Gasteiger partial charge in [-0.25, -0.2) is 0 Å². The predicted molar refractivity (Wildman–Crippen MR) is 89.2 cm³/mol. The van der Waals surface area contributed by atoms with Gasteiger partial charge in [-0.3, -0.25) is 9.78 Å². The van der Waals surface area contributed by atoms with Gasteiger partial charge in [-0.05, 0) is 37.1 Å². The van der Waals surface area contributed by atoms with Crippen LogP contribution in [0.15, 0.2) is 36.5 Å². The highest BCUT2D eigenvalue weighted by Gasteiger charge is 2.45. The summed E-state index contributed by atoms with van der Waals surface area (Å²) >= 11 is 0. The number of nitrogens with zero attached hydrogens (tertiary/aromatic N) is 2. The maximum Gasteiger partial charge on any atom is 0.272 e. The molecular weight excluding hydrogens is 288 g/mol. The van der Waals surface area contributed by atoms with Crippen LogP contribution in [0.2, 0.25) is 0 Å². The lowest BCUT2D eigenvalue weighted by atomic mass is 9.76. The van der Waals surface area contributed by atoms with Crippen molar-refractivity contribution in [3.63, 3.8) is 0 Å². The molecule has 120 valence electrons. The van der Waals surface area contributed by atoms with E-state index >= 15 is 0 Å².